The normalized spacial score (nSPS) is 16.4. The molecule has 0 amide bonds. The molecular formula is C32H68O8Ti. The summed E-state index contributed by atoms with van der Waals surface area (Å²) in [7, 11) is 0. The van der Waals surface area contributed by atoms with Crippen molar-refractivity contribution in [3.8, 4) is 0 Å². The molecule has 0 heterocycles. The Morgan fingerprint density at radius 2 is 0.512 bits per heavy atom. The van der Waals surface area contributed by atoms with E-state index in [9.17, 15) is 40.9 Å². The van der Waals surface area contributed by atoms with E-state index in [-0.39, 0.29) is 96.2 Å². The summed E-state index contributed by atoms with van der Waals surface area (Å²) in [5.41, 5.74) is 0. The number of rotatable bonds is 20. The van der Waals surface area contributed by atoms with E-state index in [0.29, 0.717) is 0 Å². The summed E-state index contributed by atoms with van der Waals surface area (Å²) in [6, 6.07) is 0. The van der Waals surface area contributed by atoms with Crippen LogP contribution in [0.5, 0.6) is 0 Å². The van der Waals surface area contributed by atoms with Crippen LogP contribution >= 0.6 is 0 Å². The first-order chi connectivity index (χ1) is 19.0. The second-order valence-electron chi connectivity index (χ2n) is 10.8. The SMILES string of the molecule is CCCC(O)C(CC)C[O-].CCCC(O)C(CC)C[O-].CCCC(O)C(CC)C[O-].CCCC(O)C(CC)C[O-].[Ti+4]. The van der Waals surface area contributed by atoms with Gasteiger partial charge in [0.25, 0.3) is 0 Å². The van der Waals surface area contributed by atoms with Crippen LogP contribution in [0.25, 0.3) is 0 Å². The smallest absolute Gasteiger partial charge is 0.854 e. The molecule has 9 heteroatoms. The molecule has 0 fully saturated rings. The van der Waals surface area contributed by atoms with Gasteiger partial charge in [0.05, 0.1) is 24.4 Å². The van der Waals surface area contributed by atoms with Gasteiger partial charge in [-0.05, 0) is 49.4 Å². The Bertz CT molecular complexity index is 365. The van der Waals surface area contributed by atoms with Crippen LogP contribution in [0.1, 0.15) is 132 Å². The Balaban J connectivity index is -0.000000139. The van der Waals surface area contributed by atoms with E-state index in [4.69, 9.17) is 0 Å². The van der Waals surface area contributed by atoms with Gasteiger partial charge in [-0.25, -0.2) is 0 Å². The van der Waals surface area contributed by atoms with Crippen molar-refractivity contribution in [3.63, 3.8) is 0 Å². The van der Waals surface area contributed by atoms with Gasteiger partial charge >= 0.3 is 21.7 Å². The molecule has 0 saturated heterocycles. The van der Waals surface area contributed by atoms with Crippen LogP contribution in [0, 0.1) is 23.7 Å². The van der Waals surface area contributed by atoms with Gasteiger partial charge in [-0.3, -0.25) is 0 Å². The summed E-state index contributed by atoms with van der Waals surface area (Å²) in [6.07, 6.45) is 8.60. The molecule has 0 aliphatic rings. The minimum Gasteiger partial charge on any atom is -0.854 e. The molecule has 0 aromatic heterocycles. The van der Waals surface area contributed by atoms with Gasteiger partial charge in [-0.15, -0.1) is 26.4 Å². The topological polar surface area (TPSA) is 173 Å². The van der Waals surface area contributed by atoms with Gasteiger partial charge in [0.15, 0.2) is 0 Å². The predicted molar refractivity (Wildman–Crippen MR) is 158 cm³/mol. The van der Waals surface area contributed by atoms with Gasteiger partial charge < -0.3 is 40.9 Å². The first-order valence-electron chi connectivity index (χ1n) is 16.1. The molecule has 0 bridgehead atoms. The first kappa shape index (κ1) is 51.0. The summed E-state index contributed by atoms with van der Waals surface area (Å²) in [5, 5.41) is 78.9. The zero-order chi connectivity index (χ0) is 31.9. The van der Waals surface area contributed by atoms with E-state index < -0.39 is 0 Å². The fourth-order valence-corrected chi connectivity index (χ4v) is 4.13. The van der Waals surface area contributed by atoms with E-state index in [1.54, 1.807) is 0 Å². The largest absolute Gasteiger partial charge is 4.00 e. The van der Waals surface area contributed by atoms with Gasteiger partial charge in [0.2, 0.25) is 0 Å². The van der Waals surface area contributed by atoms with Crippen LogP contribution < -0.4 is 20.4 Å². The third-order valence-electron chi connectivity index (χ3n) is 7.47. The van der Waals surface area contributed by atoms with Crippen molar-refractivity contribution in [1.29, 1.82) is 0 Å². The number of hydrogen-bond acceptors (Lipinski definition) is 8. The van der Waals surface area contributed by atoms with Crippen molar-refractivity contribution in [3.05, 3.63) is 0 Å². The number of aliphatic hydroxyl groups excluding tert-OH is 4. The molecule has 248 valence electrons. The third-order valence-corrected chi connectivity index (χ3v) is 7.47. The molecule has 0 aliphatic heterocycles. The molecule has 0 aromatic rings. The maximum atomic E-state index is 10.4. The third kappa shape index (κ3) is 30.2. The van der Waals surface area contributed by atoms with Crippen LogP contribution in [0.2, 0.25) is 0 Å². The zero-order valence-corrected chi connectivity index (χ0v) is 29.4. The first-order valence-corrected chi connectivity index (χ1v) is 16.1. The fraction of sp³-hybridized carbons (Fsp3) is 1.00. The maximum Gasteiger partial charge on any atom is 4.00 e. The molecule has 41 heavy (non-hydrogen) atoms. The van der Waals surface area contributed by atoms with Gasteiger partial charge in [-0.2, -0.15) is 0 Å². The van der Waals surface area contributed by atoms with Crippen molar-refractivity contribution in [2.75, 3.05) is 26.4 Å². The molecule has 0 aromatic carbocycles. The molecule has 0 saturated carbocycles. The summed E-state index contributed by atoms with van der Waals surface area (Å²) in [5.74, 6) is -0.111. The standard InChI is InChI=1S/4C8H17O2.Ti/c4*1-3-5-8(10)7(4-2)6-9;/h4*7-8,10H,3-6H2,1-2H3;/q4*-1;+4. The Kier molecular flexibility index (Phi) is 47.8. The molecule has 8 nitrogen and oxygen atoms in total. The van der Waals surface area contributed by atoms with Gasteiger partial charge in [0.1, 0.15) is 0 Å². The summed E-state index contributed by atoms with van der Waals surface area (Å²) >= 11 is 0. The van der Waals surface area contributed by atoms with E-state index in [1.165, 1.54) is 0 Å². The predicted octanol–water partition coefficient (Wildman–Crippen LogP) is 2.13. The molecule has 8 atom stereocenters. The second kappa shape index (κ2) is 38.4. The molecular weight excluding hydrogens is 560 g/mol. The number of aliphatic hydroxyl groups is 4. The van der Waals surface area contributed by atoms with Crippen molar-refractivity contribution in [2.45, 2.75) is 157 Å². The average molecular weight is 629 g/mol. The number of hydrogen-bond donors (Lipinski definition) is 4. The molecule has 0 radical (unpaired) electrons. The fourth-order valence-electron chi connectivity index (χ4n) is 4.13. The Hall–Kier alpha value is 0.394. The van der Waals surface area contributed by atoms with Crippen molar-refractivity contribution >= 4 is 0 Å². The van der Waals surface area contributed by atoms with Gasteiger partial charge in [-0.1, -0.05) is 107 Å². The van der Waals surface area contributed by atoms with Crippen molar-refractivity contribution in [1.82, 2.24) is 0 Å². The second-order valence-corrected chi connectivity index (χ2v) is 10.8. The monoisotopic (exact) mass is 628 g/mol. The molecule has 0 spiro atoms. The van der Waals surface area contributed by atoms with E-state index >= 15 is 0 Å². The molecule has 0 rings (SSSR count). The minimum atomic E-state index is -0.368. The van der Waals surface area contributed by atoms with Gasteiger partial charge in [0, 0.05) is 0 Å². The quantitative estimate of drug-likeness (QED) is 0.148. The van der Waals surface area contributed by atoms with E-state index in [2.05, 4.69) is 0 Å². The minimum absolute atomic E-state index is 0. The van der Waals surface area contributed by atoms with Crippen LogP contribution in [0.15, 0.2) is 0 Å². The Labute approximate surface area is 268 Å². The summed E-state index contributed by atoms with van der Waals surface area (Å²) < 4.78 is 0. The van der Waals surface area contributed by atoms with Crippen molar-refractivity contribution in [2.24, 2.45) is 23.7 Å². The van der Waals surface area contributed by atoms with Crippen LogP contribution in [0.4, 0.5) is 0 Å². The van der Waals surface area contributed by atoms with Crippen molar-refractivity contribution < 1.29 is 62.6 Å². The average Bonchev–Trinajstić information content (AvgIpc) is 2.93. The molecule has 4 N–H and O–H groups in total. The zero-order valence-electron chi connectivity index (χ0n) is 27.9. The Morgan fingerprint density at radius 1 is 0.366 bits per heavy atom. The van der Waals surface area contributed by atoms with E-state index in [0.717, 1.165) is 77.0 Å². The van der Waals surface area contributed by atoms with Crippen LogP contribution in [0.3, 0.4) is 0 Å². The summed E-state index contributed by atoms with van der Waals surface area (Å²) in [4.78, 5) is 0. The molecule has 8 unspecified atom stereocenters. The van der Waals surface area contributed by atoms with E-state index in [1.807, 2.05) is 55.4 Å². The van der Waals surface area contributed by atoms with Crippen LogP contribution in [-0.4, -0.2) is 71.3 Å². The van der Waals surface area contributed by atoms with Crippen LogP contribution in [-0.2, 0) is 21.7 Å². The summed E-state index contributed by atoms with van der Waals surface area (Å²) in [6.45, 7) is 15.3. The molecule has 0 aliphatic carbocycles. The maximum absolute atomic E-state index is 10.4. The Morgan fingerprint density at radius 3 is 0.585 bits per heavy atom.